The second-order valence-electron chi connectivity index (χ2n) is 10.9. The minimum Gasteiger partial charge on any atom is -0.481 e. The molecule has 1 fully saturated rings. The number of amides is 2. The number of pyridine rings is 1. The average molecular weight is 510 g/mol. The molecule has 0 unspecified atom stereocenters. The lowest BCUT2D eigenvalue weighted by molar-refractivity contribution is -0.154. The smallest absolute Gasteiger partial charge is 0.306 e. The van der Waals surface area contributed by atoms with Crippen molar-refractivity contribution in [3.8, 4) is 5.88 Å². The van der Waals surface area contributed by atoms with E-state index in [-0.39, 0.29) is 36.5 Å². The summed E-state index contributed by atoms with van der Waals surface area (Å²) >= 11 is 0. The fourth-order valence-electron chi connectivity index (χ4n) is 5.94. The summed E-state index contributed by atoms with van der Waals surface area (Å²) in [5.74, 6) is -2.46. The van der Waals surface area contributed by atoms with E-state index in [1.807, 2.05) is 26.8 Å². The molecule has 0 spiro atoms. The fourth-order valence-corrected chi connectivity index (χ4v) is 5.94. The van der Waals surface area contributed by atoms with Gasteiger partial charge in [-0.2, -0.15) is 0 Å². The molecule has 0 radical (unpaired) electrons. The Morgan fingerprint density at radius 3 is 2.65 bits per heavy atom. The topological polar surface area (TPSA) is 109 Å². The highest BCUT2D eigenvalue weighted by atomic mass is 19.1. The van der Waals surface area contributed by atoms with Crippen LogP contribution in [0.2, 0.25) is 0 Å². The van der Waals surface area contributed by atoms with Gasteiger partial charge in [0.15, 0.2) is 0 Å². The molecule has 1 saturated carbocycles. The molecule has 1 aromatic heterocycles. The number of carboxylic acids is 1. The van der Waals surface area contributed by atoms with E-state index < -0.39 is 29.8 Å². The number of nitrogens with one attached hydrogen (secondary N) is 1. The molecule has 2 heterocycles. The Morgan fingerprint density at radius 1 is 1.19 bits per heavy atom. The van der Waals surface area contributed by atoms with Crippen LogP contribution >= 0.6 is 0 Å². The number of nitrogens with zero attached hydrogens (tertiary/aromatic N) is 2. The third-order valence-corrected chi connectivity index (χ3v) is 7.98. The Labute approximate surface area is 215 Å². The molecule has 1 atom stereocenters. The van der Waals surface area contributed by atoms with Gasteiger partial charge in [0.2, 0.25) is 11.8 Å². The van der Waals surface area contributed by atoms with Crippen LogP contribution in [0.1, 0.15) is 68.5 Å². The molecule has 0 bridgehead atoms. The Bertz CT molecular complexity index is 1270. The van der Waals surface area contributed by atoms with Gasteiger partial charge in [0.25, 0.3) is 5.91 Å². The van der Waals surface area contributed by atoms with E-state index in [0.29, 0.717) is 41.4 Å². The largest absolute Gasteiger partial charge is 0.481 e. The first-order chi connectivity index (χ1) is 17.6. The molecule has 1 aromatic carbocycles. The number of carbonyl (C=O) groups excluding carboxylic acids is 2. The molecule has 2 aromatic rings. The van der Waals surface area contributed by atoms with Gasteiger partial charge in [-0.15, -0.1) is 0 Å². The van der Waals surface area contributed by atoms with Gasteiger partial charge in [-0.05, 0) is 67.3 Å². The first-order valence-corrected chi connectivity index (χ1v) is 12.9. The van der Waals surface area contributed by atoms with Gasteiger partial charge < -0.3 is 20.1 Å². The Morgan fingerprint density at radius 2 is 1.95 bits per heavy atom. The monoisotopic (exact) mass is 509 g/mol. The number of aromatic nitrogens is 1. The number of anilines is 1. The summed E-state index contributed by atoms with van der Waals surface area (Å²) in [6.07, 6.45) is 2.54. The van der Waals surface area contributed by atoms with Crippen molar-refractivity contribution in [2.24, 2.45) is 11.8 Å². The number of aryl methyl sites for hydroxylation is 1. The summed E-state index contributed by atoms with van der Waals surface area (Å²) in [4.78, 5) is 44.5. The van der Waals surface area contributed by atoms with Crippen LogP contribution in [-0.4, -0.2) is 45.9 Å². The number of ether oxygens (including phenoxy) is 1. The normalized spacial score (nSPS) is 23.5. The highest BCUT2D eigenvalue weighted by molar-refractivity contribution is 5.99. The number of benzene rings is 1. The second kappa shape index (κ2) is 9.43. The molecular weight excluding hydrogens is 477 g/mol. The van der Waals surface area contributed by atoms with E-state index in [2.05, 4.69) is 10.3 Å². The predicted molar refractivity (Wildman–Crippen MR) is 134 cm³/mol. The summed E-state index contributed by atoms with van der Waals surface area (Å²) < 4.78 is 20.6. The molecule has 9 heteroatoms. The number of aliphatic carboxylic acids is 1. The van der Waals surface area contributed by atoms with E-state index in [4.69, 9.17) is 4.74 Å². The average Bonchev–Trinajstić information content (AvgIpc) is 3.11. The van der Waals surface area contributed by atoms with Crippen LogP contribution in [0.4, 0.5) is 10.1 Å². The molecule has 5 rings (SSSR count). The van der Waals surface area contributed by atoms with Gasteiger partial charge in [-0.25, -0.2) is 9.37 Å². The van der Waals surface area contributed by atoms with Crippen molar-refractivity contribution in [1.82, 2.24) is 9.88 Å². The number of hydrogen-bond acceptors (Lipinski definition) is 5. The van der Waals surface area contributed by atoms with Gasteiger partial charge in [0.05, 0.1) is 18.2 Å². The van der Waals surface area contributed by atoms with Crippen LogP contribution < -0.4 is 10.1 Å². The van der Waals surface area contributed by atoms with Crippen molar-refractivity contribution < 1.29 is 28.6 Å². The number of rotatable bonds is 6. The van der Waals surface area contributed by atoms with Crippen molar-refractivity contribution in [3.63, 3.8) is 0 Å². The molecule has 37 heavy (non-hydrogen) atoms. The van der Waals surface area contributed by atoms with Crippen LogP contribution in [0, 0.1) is 17.7 Å². The Hall–Kier alpha value is -3.49. The quantitative estimate of drug-likeness (QED) is 0.609. The van der Waals surface area contributed by atoms with Crippen LogP contribution in [-0.2, 0) is 32.6 Å². The lowest BCUT2D eigenvalue weighted by atomic mass is 9.73. The number of carboxylic acid groups (broad SMARTS) is 1. The molecule has 196 valence electrons. The van der Waals surface area contributed by atoms with Crippen molar-refractivity contribution in [2.75, 3.05) is 18.5 Å². The van der Waals surface area contributed by atoms with E-state index in [1.165, 1.54) is 11.0 Å². The van der Waals surface area contributed by atoms with E-state index >= 15 is 4.39 Å². The lowest BCUT2D eigenvalue weighted by Gasteiger charge is -2.41. The maximum atomic E-state index is 15.1. The third kappa shape index (κ3) is 4.55. The molecule has 8 nitrogen and oxygen atoms in total. The highest BCUT2D eigenvalue weighted by Crippen LogP contribution is 2.42. The van der Waals surface area contributed by atoms with Crippen molar-refractivity contribution >= 4 is 23.5 Å². The zero-order valence-electron chi connectivity index (χ0n) is 21.3. The minimum absolute atomic E-state index is 0.237. The first kappa shape index (κ1) is 25.2. The summed E-state index contributed by atoms with van der Waals surface area (Å²) in [5.41, 5.74) is 2.94. The van der Waals surface area contributed by atoms with Gasteiger partial charge in [0, 0.05) is 36.2 Å². The Balaban J connectivity index is 1.44. The number of halogens is 1. The van der Waals surface area contributed by atoms with Gasteiger partial charge in [0.1, 0.15) is 11.9 Å². The van der Waals surface area contributed by atoms with Gasteiger partial charge >= 0.3 is 5.97 Å². The molecule has 2 amide bonds. The predicted octanol–water partition coefficient (Wildman–Crippen LogP) is 4.02. The minimum atomic E-state index is -0.962. The van der Waals surface area contributed by atoms with Crippen molar-refractivity contribution in [1.29, 1.82) is 0 Å². The third-order valence-electron chi connectivity index (χ3n) is 7.98. The maximum Gasteiger partial charge on any atom is 0.306 e. The van der Waals surface area contributed by atoms with Crippen LogP contribution in [0.5, 0.6) is 5.88 Å². The van der Waals surface area contributed by atoms with Crippen LogP contribution in [0.15, 0.2) is 24.3 Å². The number of carbonyl (C=O) groups is 3. The zero-order chi connectivity index (χ0) is 26.5. The van der Waals surface area contributed by atoms with Crippen LogP contribution in [0.25, 0.3) is 0 Å². The van der Waals surface area contributed by atoms with E-state index in [0.717, 1.165) is 18.4 Å². The molecule has 2 aliphatic carbocycles. The summed E-state index contributed by atoms with van der Waals surface area (Å²) in [7, 11) is 0. The number of hydrogen-bond donors (Lipinski definition) is 2. The zero-order valence-corrected chi connectivity index (χ0v) is 21.3. The highest BCUT2D eigenvalue weighted by Gasteiger charge is 2.45. The first-order valence-electron chi connectivity index (χ1n) is 12.9. The fraction of sp³-hybridized carbons (Fsp3) is 0.500. The van der Waals surface area contributed by atoms with Gasteiger partial charge in [-0.3, -0.25) is 14.4 Å². The van der Waals surface area contributed by atoms with Crippen molar-refractivity contribution in [2.45, 2.75) is 64.3 Å². The molecule has 0 saturated heterocycles. The molecule has 1 aliphatic heterocycles. The maximum absolute atomic E-state index is 15.1. The summed E-state index contributed by atoms with van der Waals surface area (Å²) in [6.45, 7) is 6.61. The van der Waals surface area contributed by atoms with Crippen LogP contribution in [0.3, 0.4) is 0 Å². The van der Waals surface area contributed by atoms with Crippen molar-refractivity contribution in [3.05, 3.63) is 52.5 Å². The standard InChI is InChI=1S/C28H32FN3O5/c1-4-37-22-6-5-19-21(31-22)8-10-32(26(34)16-11-17(12-16)27(35)36)24(19)25(33)30-18-13-15-7-9-28(2,3)23(15)20(29)14-18/h5-6,13-14,16-17,24H,4,7-12H2,1-3H3,(H,30,33)(H,35,36)/t16-,17-,24-/m1/s1. The van der Waals surface area contributed by atoms with Gasteiger partial charge in [-0.1, -0.05) is 13.8 Å². The SMILES string of the molecule is CCOc1ccc2c(n1)CCN(C(=O)[C@H]1C[C@H](C(=O)O)C1)[C@H]2C(=O)Nc1cc(F)c2c(c1)CCC2(C)C. The molecule has 3 aliphatic rings. The lowest BCUT2D eigenvalue weighted by Crippen LogP contribution is -2.50. The summed E-state index contributed by atoms with van der Waals surface area (Å²) in [6, 6.07) is 5.64. The summed E-state index contributed by atoms with van der Waals surface area (Å²) in [5, 5.41) is 12.1. The second-order valence-corrected chi connectivity index (χ2v) is 10.9. The Kier molecular flexibility index (Phi) is 6.41. The molecule has 2 N–H and O–H groups in total. The van der Waals surface area contributed by atoms with E-state index in [9.17, 15) is 19.5 Å². The number of fused-ring (bicyclic) bond motifs is 2. The molecular formula is C28H32FN3O5. The van der Waals surface area contributed by atoms with E-state index in [1.54, 1.807) is 12.1 Å².